The number of hydrogen-bond donors (Lipinski definition) is 0. The average molecular weight is 475 g/mol. The van der Waals surface area contributed by atoms with Gasteiger partial charge >= 0.3 is 0 Å². The molecule has 0 aromatic heterocycles. The van der Waals surface area contributed by atoms with Gasteiger partial charge in [-0.2, -0.15) is 0 Å². The molecule has 0 aliphatic rings. The van der Waals surface area contributed by atoms with E-state index in [-0.39, 0.29) is 0 Å². The zero-order chi connectivity index (χ0) is 25.5. The van der Waals surface area contributed by atoms with Crippen molar-refractivity contribution in [3.8, 4) is 0 Å². The Bertz CT molecular complexity index is 907. The lowest BCUT2D eigenvalue weighted by Gasteiger charge is -2.13. The molecule has 2 nitrogen and oxygen atoms in total. The number of benzene rings is 2. The second kappa shape index (κ2) is 16.5. The van der Waals surface area contributed by atoms with Crippen molar-refractivity contribution in [3.05, 3.63) is 58.7 Å². The summed E-state index contributed by atoms with van der Waals surface area (Å²) in [5, 5.41) is 0. The Balaban J connectivity index is 2.56. The number of rotatable bonds is 16. The van der Waals surface area contributed by atoms with Crippen LogP contribution in [0.4, 0.5) is 11.4 Å². The van der Waals surface area contributed by atoms with Crippen LogP contribution < -0.4 is 0 Å². The van der Waals surface area contributed by atoms with Crippen LogP contribution in [0.3, 0.4) is 0 Å². The van der Waals surface area contributed by atoms with E-state index in [0.29, 0.717) is 0 Å². The normalized spacial score (nSPS) is 12.4. The predicted octanol–water partition coefficient (Wildman–Crippen LogP) is 10.3. The number of aryl methyl sites for hydroxylation is 4. The van der Waals surface area contributed by atoms with Gasteiger partial charge in [-0.05, 0) is 97.9 Å². The lowest BCUT2D eigenvalue weighted by molar-refractivity contribution is 0.683. The van der Waals surface area contributed by atoms with E-state index in [1.54, 1.807) is 0 Å². The molecular formula is C33H50N2. The summed E-state index contributed by atoms with van der Waals surface area (Å²) in [4.78, 5) is 10.6. The Labute approximate surface area is 216 Å². The Morgan fingerprint density at radius 3 is 1.14 bits per heavy atom. The molecule has 35 heavy (non-hydrogen) atoms. The third kappa shape index (κ3) is 10.1. The maximum absolute atomic E-state index is 5.32. The first-order chi connectivity index (χ1) is 17.1. The molecule has 0 amide bonds. The molecule has 0 unspecified atom stereocenters. The number of hydrogen-bond acceptors (Lipinski definition) is 2. The molecule has 2 aromatic rings. The fourth-order valence-electron chi connectivity index (χ4n) is 4.53. The summed E-state index contributed by atoms with van der Waals surface area (Å²) >= 11 is 0. The molecule has 0 spiro atoms. The van der Waals surface area contributed by atoms with Crippen molar-refractivity contribution in [3.63, 3.8) is 0 Å². The van der Waals surface area contributed by atoms with Crippen LogP contribution in [0.2, 0.25) is 0 Å². The van der Waals surface area contributed by atoms with Gasteiger partial charge in [0.15, 0.2) is 0 Å². The molecule has 0 N–H and O–H groups in total. The zero-order valence-corrected chi connectivity index (χ0v) is 23.6. The smallest absolute Gasteiger partial charge is 0.0639 e. The quantitative estimate of drug-likeness (QED) is 0.171. The van der Waals surface area contributed by atoms with Gasteiger partial charge in [0.1, 0.15) is 0 Å². The minimum atomic E-state index is 1.01. The van der Waals surface area contributed by atoms with Gasteiger partial charge in [0.05, 0.1) is 22.8 Å². The standard InChI is InChI=1S/C33H50N2/c1-7-13-15-17-19-33(35-31-24-28(11-5)21-29(12-6)25-31)32(18-16-14-8-2)34-30-22-26(9-3)20-27(10-4)23-30/h20-25H,7-19H2,1-6H3. The second-order valence-electron chi connectivity index (χ2n) is 9.81. The van der Waals surface area contributed by atoms with Crippen LogP contribution in [0.5, 0.6) is 0 Å². The molecule has 192 valence electrons. The molecule has 0 fully saturated rings. The zero-order valence-electron chi connectivity index (χ0n) is 23.6. The van der Waals surface area contributed by atoms with Gasteiger partial charge in [0, 0.05) is 0 Å². The summed E-state index contributed by atoms with van der Waals surface area (Å²) in [5.74, 6) is 0. The fourth-order valence-corrected chi connectivity index (χ4v) is 4.53. The van der Waals surface area contributed by atoms with Gasteiger partial charge in [0.2, 0.25) is 0 Å². The highest BCUT2D eigenvalue weighted by molar-refractivity contribution is 6.43. The monoisotopic (exact) mass is 474 g/mol. The Morgan fingerprint density at radius 1 is 0.457 bits per heavy atom. The highest BCUT2D eigenvalue weighted by atomic mass is 14.8. The first-order valence-electron chi connectivity index (χ1n) is 14.5. The number of unbranched alkanes of at least 4 members (excludes halogenated alkanes) is 5. The van der Waals surface area contributed by atoms with Gasteiger partial charge in [-0.1, -0.05) is 85.8 Å². The van der Waals surface area contributed by atoms with Crippen LogP contribution in [0.15, 0.2) is 46.4 Å². The van der Waals surface area contributed by atoms with Gasteiger partial charge in [0.25, 0.3) is 0 Å². The van der Waals surface area contributed by atoms with Crippen molar-refractivity contribution in [2.75, 3.05) is 0 Å². The van der Waals surface area contributed by atoms with Crippen LogP contribution in [0, 0.1) is 0 Å². The summed E-state index contributed by atoms with van der Waals surface area (Å²) in [6, 6.07) is 13.8. The van der Waals surface area contributed by atoms with Gasteiger partial charge in [-0.25, -0.2) is 0 Å². The van der Waals surface area contributed by atoms with Crippen molar-refractivity contribution in [2.45, 2.75) is 125 Å². The van der Waals surface area contributed by atoms with Crippen LogP contribution in [-0.4, -0.2) is 11.4 Å². The minimum absolute atomic E-state index is 1.01. The Morgan fingerprint density at radius 2 is 0.800 bits per heavy atom. The van der Waals surface area contributed by atoms with E-state index >= 15 is 0 Å². The highest BCUT2D eigenvalue weighted by Gasteiger charge is 2.12. The SMILES string of the molecule is CCCCCCC(=Nc1cc(CC)cc(CC)c1)C(CCCCC)=Nc1cc(CC)cc(CC)c1. The van der Waals surface area contributed by atoms with Crippen molar-refractivity contribution in [1.29, 1.82) is 0 Å². The van der Waals surface area contributed by atoms with Crippen LogP contribution in [0.25, 0.3) is 0 Å². The topological polar surface area (TPSA) is 24.7 Å². The first-order valence-corrected chi connectivity index (χ1v) is 14.5. The van der Waals surface area contributed by atoms with Gasteiger partial charge in [-0.15, -0.1) is 0 Å². The largest absolute Gasteiger partial charge is 0.252 e. The van der Waals surface area contributed by atoms with E-state index in [1.807, 2.05) is 0 Å². The summed E-state index contributed by atoms with van der Waals surface area (Å²) < 4.78 is 0. The first kappa shape index (κ1) is 29.0. The maximum atomic E-state index is 5.32. The molecule has 0 saturated heterocycles. The maximum Gasteiger partial charge on any atom is 0.0639 e. The summed E-state index contributed by atoms with van der Waals surface area (Å²) in [6.45, 7) is 13.5. The predicted molar refractivity (Wildman–Crippen MR) is 157 cm³/mol. The van der Waals surface area contributed by atoms with Crippen LogP contribution in [-0.2, 0) is 25.7 Å². The third-order valence-electron chi connectivity index (χ3n) is 6.85. The second-order valence-corrected chi connectivity index (χ2v) is 9.81. The van der Waals surface area contributed by atoms with E-state index in [1.165, 1.54) is 78.6 Å². The molecule has 2 heteroatoms. The van der Waals surface area contributed by atoms with Crippen molar-refractivity contribution < 1.29 is 0 Å². The molecule has 0 aliphatic carbocycles. The Hall–Kier alpha value is -2.22. The summed E-state index contributed by atoms with van der Waals surface area (Å²) in [7, 11) is 0. The molecule has 0 saturated carbocycles. The minimum Gasteiger partial charge on any atom is -0.252 e. The molecule has 2 aromatic carbocycles. The van der Waals surface area contributed by atoms with Crippen molar-refractivity contribution >= 4 is 22.8 Å². The summed E-state index contributed by atoms with van der Waals surface area (Å²) in [5.41, 5.74) is 10.1. The van der Waals surface area contributed by atoms with E-state index in [9.17, 15) is 0 Å². The number of nitrogens with zero attached hydrogens (tertiary/aromatic N) is 2. The molecule has 0 atom stereocenters. The van der Waals surface area contributed by atoms with E-state index in [2.05, 4.69) is 77.9 Å². The van der Waals surface area contributed by atoms with Gasteiger partial charge in [-0.3, -0.25) is 9.98 Å². The third-order valence-corrected chi connectivity index (χ3v) is 6.85. The van der Waals surface area contributed by atoms with Crippen molar-refractivity contribution in [2.24, 2.45) is 9.98 Å². The van der Waals surface area contributed by atoms with E-state index < -0.39 is 0 Å². The molecular weight excluding hydrogens is 424 g/mol. The lowest BCUT2D eigenvalue weighted by Crippen LogP contribution is -2.14. The molecule has 0 radical (unpaired) electrons. The lowest BCUT2D eigenvalue weighted by atomic mass is 10.00. The van der Waals surface area contributed by atoms with Crippen molar-refractivity contribution in [1.82, 2.24) is 0 Å². The van der Waals surface area contributed by atoms with E-state index in [4.69, 9.17) is 9.98 Å². The highest BCUT2D eigenvalue weighted by Crippen LogP contribution is 2.24. The fraction of sp³-hybridized carbons (Fsp3) is 0.576. The molecule has 0 bridgehead atoms. The number of aliphatic imine (C=N–C) groups is 2. The van der Waals surface area contributed by atoms with Crippen LogP contribution in [0.1, 0.15) is 122 Å². The molecule has 0 aliphatic heterocycles. The van der Waals surface area contributed by atoms with Gasteiger partial charge < -0.3 is 0 Å². The van der Waals surface area contributed by atoms with Crippen LogP contribution >= 0.6 is 0 Å². The average Bonchev–Trinajstić information content (AvgIpc) is 2.89. The van der Waals surface area contributed by atoms with E-state index in [0.717, 1.165) is 49.9 Å². The molecule has 2 rings (SSSR count). The molecule has 0 heterocycles. The Kier molecular flexibility index (Phi) is 13.6. The summed E-state index contributed by atoms with van der Waals surface area (Å²) in [6.07, 6.45) is 14.8.